The molecule has 5 heteroatoms. The average molecular weight is 429 g/mol. The summed E-state index contributed by atoms with van der Waals surface area (Å²) < 4.78 is 5.42. The number of nitrogens with zero attached hydrogens (tertiary/aromatic N) is 2. The zero-order chi connectivity index (χ0) is 22.3. The Morgan fingerprint density at radius 2 is 1.12 bits per heavy atom. The standard InChI is InChI=1S/C27H28N2O3/c1-21(30)32-26(24-15-9-4-10-16-24)27(31)29-19-17-28(18-20-29)25(22-11-5-2-6-12-22)23-13-7-3-8-14-23/h2-16,25-26H,17-20H2,1H3/t26-/m1/s1. The topological polar surface area (TPSA) is 49.9 Å². The van der Waals surface area contributed by atoms with Gasteiger partial charge in [-0.2, -0.15) is 0 Å². The summed E-state index contributed by atoms with van der Waals surface area (Å²) in [7, 11) is 0. The van der Waals surface area contributed by atoms with E-state index in [9.17, 15) is 9.59 Å². The summed E-state index contributed by atoms with van der Waals surface area (Å²) >= 11 is 0. The summed E-state index contributed by atoms with van der Waals surface area (Å²) in [6.45, 7) is 3.98. The second-order valence-electron chi connectivity index (χ2n) is 7.99. The van der Waals surface area contributed by atoms with E-state index in [0.29, 0.717) is 18.7 Å². The average Bonchev–Trinajstić information content (AvgIpc) is 2.84. The predicted molar refractivity (Wildman–Crippen MR) is 124 cm³/mol. The molecule has 1 heterocycles. The molecule has 0 spiro atoms. The molecule has 0 aromatic heterocycles. The minimum absolute atomic E-state index is 0.132. The molecule has 0 N–H and O–H groups in total. The van der Waals surface area contributed by atoms with Crippen LogP contribution in [0.1, 0.15) is 35.8 Å². The maximum absolute atomic E-state index is 13.3. The van der Waals surface area contributed by atoms with Gasteiger partial charge in [-0.3, -0.25) is 14.5 Å². The molecule has 5 nitrogen and oxygen atoms in total. The number of amides is 1. The molecule has 1 fully saturated rings. The van der Waals surface area contributed by atoms with E-state index < -0.39 is 12.1 Å². The number of benzene rings is 3. The lowest BCUT2D eigenvalue weighted by Gasteiger charge is -2.40. The maximum atomic E-state index is 13.3. The van der Waals surface area contributed by atoms with Gasteiger partial charge < -0.3 is 9.64 Å². The van der Waals surface area contributed by atoms with Gasteiger partial charge in [0.1, 0.15) is 0 Å². The van der Waals surface area contributed by atoms with E-state index in [4.69, 9.17) is 4.74 Å². The van der Waals surface area contributed by atoms with E-state index in [1.54, 1.807) is 0 Å². The summed E-state index contributed by atoms with van der Waals surface area (Å²) in [6, 6.07) is 30.3. The number of esters is 1. The third-order valence-electron chi connectivity index (χ3n) is 5.83. The van der Waals surface area contributed by atoms with Crippen LogP contribution in [0, 0.1) is 0 Å². The van der Waals surface area contributed by atoms with Crippen LogP contribution in [0.4, 0.5) is 0 Å². The summed E-state index contributed by atoms with van der Waals surface area (Å²) in [5.74, 6) is -0.624. The fourth-order valence-corrected chi connectivity index (χ4v) is 4.31. The van der Waals surface area contributed by atoms with Crippen molar-refractivity contribution in [3.63, 3.8) is 0 Å². The summed E-state index contributed by atoms with van der Waals surface area (Å²) in [4.78, 5) is 29.2. The van der Waals surface area contributed by atoms with Gasteiger partial charge in [0.25, 0.3) is 5.91 Å². The zero-order valence-electron chi connectivity index (χ0n) is 18.3. The first kappa shape index (κ1) is 21.8. The number of hydrogen-bond donors (Lipinski definition) is 0. The Labute approximate surface area is 189 Å². The van der Waals surface area contributed by atoms with Crippen molar-refractivity contribution in [1.29, 1.82) is 0 Å². The highest BCUT2D eigenvalue weighted by molar-refractivity contribution is 5.84. The minimum atomic E-state index is -0.903. The van der Waals surface area contributed by atoms with Crippen LogP contribution < -0.4 is 0 Å². The molecule has 0 bridgehead atoms. The molecule has 0 aliphatic carbocycles. The molecule has 1 amide bonds. The number of carbonyl (C=O) groups is 2. The molecule has 1 atom stereocenters. The fourth-order valence-electron chi connectivity index (χ4n) is 4.31. The molecule has 4 rings (SSSR count). The Morgan fingerprint density at radius 1 is 0.688 bits per heavy atom. The number of piperazine rings is 1. The lowest BCUT2D eigenvalue weighted by molar-refractivity contribution is -0.160. The first-order valence-electron chi connectivity index (χ1n) is 11.0. The van der Waals surface area contributed by atoms with Gasteiger partial charge in [0.15, 0.2) is 0 Å². The molecule has 3 aromatic carbocycles. The van der Waals surface area contributed by atoms with Crippen LogP contribution in [-0.4, -0.2) is 47.9 Å². The van der Waals surface area contributed by atoms with Crippen molar-refractivity contribution in [2.24, 2.45) is 0 Å². The first-order valence-corrected chi connectivity index (χ1v) is 11.0. The number of ether oxygens (including phenoxy) is 1. The zero-order valence-corrected chi connectivity index (χ0v) is 18.3. The molecule has 1 aliphatic rings. The van der Waals surface area contributed by atoms with E-state index in [-0.39, 0.29) is 11.9 Å². The van der Waals surface area contributed by atoms with Gasteiger partial charge in [-0.25, -0.2) is 0 Å². The Bertz CT molecular complexity index is 977. The van der Waals surface area contributed by atoms with Crippen molar-refractivity contribution < 1.29 is 14.3 Å². The van der Waals surface area contributed by atoms with Crippen molar-refractivity contribution in [2.75, 3.05) is 26.2 Å². The summed E-state index contributed by atoms with van der Waals surface area (Å²) in [6.07, 6.45) is -0.903. The summed E-state index contributed by atoms with van der Waals surface area (Å²) in [5, 5.41) is 0. The quantitative estimate of drug-likeness (QED) is 0.552. The smallest absolute Gasteiger partial charge is 0.303 e. The van der Waals surface area contributed by atoms with Crippen LogP contribution in [0.15, 0.2) is 91.0 Å². The molecule has 164 valence electrons. The van der Waals surface area contributed by atoms with Crippen molar-refractivity contribution >= 4 is 11.9 Å². The van der Waals surface area contributed by atoms with Crippen LogP contribution in [0.3, 0.4) is 0 Å². The molecular formula is C27H28N2O3. The molecule has 0 saturated carbocycles. The normalized spacial score (nSPS) is 15.4. The van der Waals surface area contributed by atoms with Gasteiger partial charge >= 0.3 is 5.97 Å². The van der Waals surface area contributed by atoms with Gasteiger partial charge in [-0.15, -0.1) is 0 Å². The summed E-state index contributed by atoms with van der Waals surface area (Å²) in [5.41, 5.74) is 3.17. The number of carbonyl (C=O) groups excluding carboxylic acids is 2. The minimum Gasteiger partial charge on any atom is -0.447 e. The van der Waals surface area contributed by atoms with Crippen molar-refractivity contribution in [2.45, 2.75) is 19.1 Å². The van der Waals surface area contributed by atoms with Crippen molar-refractivity contribution in [3.8, 4) is 0 Å². The van der Waals surface area contributed by atoms with E-state index in [0.717, 1.165) is 13.1 Å². The largest absolute Gasteiger partial charge is 0.447 e. The van der Waals surface area contributed by atoms with Gasteiger partial charge in [-0.1, -0.05) is 91.0 Å². The van der Waals surface area contributed by atoms with Crippen LogP contribution in [0.25, 0.3) is 0 Å². The SMILES string of the molecule is CC(=O)O[C@@H](C(=O)N1CCN(C(c2ccccc2)c2ccccc2)CC1)c1ccccc1. The fraction of sp³-hybridized carbons (Fsp3) is 0.259. The van der Waals surface area contributed by atoms with Gasteiger partial charge in [0.2, 0.25) is 6.10 Å². The molecule has 3 aromatic rings. The Morgan fingerprint density at radius 3 is 1.56 bits per heavy atom. The molecule has 1 aliphatic heterocycles. The second-order valence-corrected chi connectivity index (χ2v) is 7.99. The molecule has 1 saturated heterocycles. The second kappa shape index (κ2) is 10.2. The van der Waals surface area contributed by atoms with Crippen molar-refractivity contribution in [1.82, 2.24) is 9.80 Å². The maximum Gasteiger partial charge on any atom is 0.303 e. The lowest BCUT2D eigenvalue weighted by atomic mass is 9.96. The monoisotopic (exact) mass is 428 g/mol. The third kappa shape index (κ3) is 5.06. The van der Waals surface area contributed by atoms with E-state index in [2.05, 4.69) is 53.4 Å². The Balaban J connectivity index is 1.50. The third-order valence-corrected chi connectivity index (χ3v) is 5.83. The van der Waals surface area contributed by atoms with Gasteiger partial charge in [0.05, 0.1) is 6.04 Å². The van der Waals surface area contributed by atoms with Gasteiger partial charge in [-0.05, 0) is 11.1 Å². The molecule has 32 heavy (non-hydrogen) atoms. The predicted octanol–water partition coefficient (Wildman–Crippen LogP) is 4.22. The number of hydrogen-bond acceptors (Lipinski definition) is 4. The first-order chi connectivity index (χ1) is 15.6. The van der Waals surface area contributed by atoms with Crippen molar-refractivity contribution in [3.05, 3.63) is 108 Å². The molecule has 0 radical (unpaired) electrons. The van der Waals surface area contributed by atoms with E-state index >= 15 is 0 Å². The molecule has 0 unspecified atom stereocenters. The van der Waals surface area contributed by atoms with Crippen LogP contribution in [0.2, 0.25) is 0 Å². The number of rotatable bonds is 6. The van der Waals surface area contributed by atoms with Crippen LogP contribution >= 0.6 is 0 Å². The lowest BCUT2D eigenvalue weighted by Crippen LogP contribution is -2.51. The molecular weight excluding hydrogens is 400 g/mol. The highest BCUT2D eigenvalue weighted by Gasteiger charge is 2.33. The highest BCUT2D eigenvalue weighted by atomic mass is 16.5. The van der Waals surface area contributed by atoms with E-state index in [1.807, 2.05) is 47.4 Å². The Hall–Kier alpha value is -3.44. The Kier molecular flexibility index (Phi) is 6.97. The van der Waals surface area contributed by atoms with Gasteiger partial charge in [0, 0.05) is 38.7 Å². The van der Waals surface area contributed by atoms with Crippen LogP contribution in [-0.2, 0) is 14.3 Å². The highest BCUT2D eigenvalue weighted by Crippen LogP contribution is 2.30. The van der Waals surface area contributed by atoms with Crippen LogP contribution in [0.5, 0.6) is 0 Å². The van der Waals surface area contributed by atoms with E-state index in [1.165, 1.54) is 18.1 Å².